The van der Waals surface area contributed by atoms with Crippen molar-refractivity contribution in [3.8, 4) is 0 Å². The van der Waals surface area contributed by atoms with Gasteiger partial charge in [-0.05, 0) is 78.8 Å². The van der Waals surface area contributed by atoms with E-state index in [-0.39, 0.29) is 16.6 Å². The van der Waals surface area contributed by atoms with Crippen molar-refractivity contribution >= 4 is 12.1 Å². The molecule has 0 aromatic rings. The summed E-state index contributed by atoms with van der Waals surface area (Å²) in [5.41, 5.74) is 0.613. The first-order chi connectivity index (χ1) is 12.3. The Bertz CT molecular complexity index is 736. The van der Waals surface area contributed by atoms with Crippen LogP contribution in [0.15, 0.2) is 23.8 Å². The first kappa shape index (κ1) is 16.9. The van der Waals surface area contributed by atoms with Crippen LogP contribution in [-0.2, 0) is 9.59 Å². The predicted molar refractivity (Wildman–Crippen MR) is 99.2 cm³/mol. The first-order valence-electron chi connectivity index (χ1n) is 10.4. The van der Waals surface area contributed by atoms with Crippen molar-refractivity contribution < 1.29 is 14.7 Å². The maximum absolute atomic E-state index is 11.9. The standard InChI is InChI=1S/C23H30O3/c1-21-9-6-15(25)12-14(21)4-5-16-18(21)7-10-22(2)20(16)17-13-19(17)23(22,26)8-3-11-24/h4-5,11-12,16-20,26H,3,6-10,13H2,1-2H3/t16-,17-,18+,19+,20-,21+,22+,23+/m1/s1. The summed E-state index contributed by atoms with van der Waals surface area (Å²) in [6, 6.07) is 0. The van der Waals surface area contributed by atoms with Crippen LogP contribution in [0.4, 0.5) is 0 Å². The van der Waals surface area contributed by atoms with Gasteiger partial charge in [-0.3, -0.25) is 4.79 Å². The maximum Gasteiger partial charge on any atom is 0.156 e. The highest BCUT2D eigenvalue weighted by atomic mass is 16.3. The van der Waals surface area contributed by atoms with Crippen molar-refractivity contribution in [3.05, 3.63) is 23.8 Å². The lowest BCUT2D eigenvalue weighted by atomic mass is 9.47. The molecule has 5 aliphatic rings. The van der Waals surface area contributed by atoms with E-state index in [4.69, 9.17) is 0 Å². The summed E-state index contributed by atoms with van der Waals surface area (Å²) in [6.45, 7) is 4.67. The molecule has 140 valence electrons. The Hall–Kier alpha value is -1.22. The van der Waals surface area contributed by atoms with E-state index in [0.29, 0.717) is 48.9 Å². The molecule has 0 heterocycles. The van der Waals surface area contributed by atoms with Crippen LogP contribution in [0.5, 0.6) is 0 Å². The van der Waals surface area contributed by atoms with Crippen molar-refractivity contribution in [1.82, 2.24) is 0 Å². The Morgan fingerprint density at radius 1 is 1.27 bits per heavy atom. The van der Waals surface area contributed by atoms with Gasteiger partial charge >= 0.3 is 0 Å². The van der Waals surface area contributed by atoms with Crippen LogP contribution >= 0.6 is 0 Å². The molecule has 0 bridgehead atoms. The topological polar surface area (TPSA) is 54.4 Å². The molecule has 3 nitrogen and oxygen atoms in total. The maximum atomic E-state index is 11.9. The van der Waals surface area contributed by atoms with Crippen molar-refractivity contribution in [2.45, 2.75) is 64.4 Å². The minimum absolute atomic E-state index is 0.0723. The number of carbonyl (C=O) groups excluding carboxylic acids is 2. The highest BCUT2D eigenvalue weighted by Crippen LogP contribution is 2.76. The molecule has 0 amide bonds. The van der Waals surface area contributed by atoms with Crippen molar-refractivity contribution in [3.63, 3.8) is 0 Å². The van der Waals surface area contributed by atoms with Gasteiger partial charge in [-0.15, -0.1) is 0 Å². The average Bonchev–Trinajstić information content (AvgIpc) is 3.37. The van der Waals surface area contributed by atoms with E-state index in [1.807, 2.05) is 6.08 Å². The Morgan fingerprint density at radius 2 is 2.08 bits per heavy atom. The van der Waals surface area contributed by atoms with E-state index in [1.54, 1.807) is 0 Å². The summed E-state index contributed by atoms with van der Waals surface area (Å²) >= 11 is 0. The third-order valence-corrected chi connectivity index (χ3v) is 9.32. The molecule has 0 saturated heterocycles. The number of aldehydes is 1. The van der Waals surface area contributed by atoms with Crippen molar-refractivity contribution in [1.29, 1.82) is 0 Å². The third kappa shape index (κ3) is 1.88. The number of carbonyl (C=O) groups is 2. The van der Waals surface area contributed by atoms with E-state index in [9.17, 15) is 14.7 Å². The van der Waals surface area contributed by atoms with Gasteiger partial charge in [0.1, 0.15) is 6.29 Å². The van der Waals surface area contributed by atoms with Gasteiger partial charge < -0.3 is 9.90 Å². The fraction of sp³-hybridized carbons (Fsp3) is 0.739. The smallest absolute Gasteiger partial charge is 0.156 e. The van der Waals surface area contributed by atoms with Crippen LogP contribution in [0.1, 0.15) is 58.8 Å². The quantitative estimate of drug-likeness (QED) is 0.783. The van der Waals surface area contributed by atoms with Crippen LogP contribution in [0.25, 0.3) is 0 Å². The second-order valence-electron chi connectivity index (χ2n) is 10.1. The minimum Gasteiger partial charge on any atom is -0.389 e. The van der Waals surface area contributed by atoms with Gasteiger partial charge in [-0.25, -0.2) is 0 Å². The Morgan fingerprint density at radius 3 is 2.85 bits per heavy atom. The van der Waals surface area contributed by atoms with Gasteiger partial charge in [0, 0.05) is 18.3 Å². The zero-order chi connectivity index (χ0) is 18.3. The zero-order valence-corrected chi connectivity index (χ0v) is 15.9. The fourth-order valence-electron chi connectivity index (χ4n) is 7.87. The molecule has 8 atom stereocenters. The Kier molecular flexibility index (Phi) is 3.37. The Labute approximate surface area is 155 Å². The van der Waals surface area contributed by atoms with Crippen molar-refractivity contribution in [2.24, 2.45) is 40.4 Å². The number of aliphatic hydroxyl groups is 1. The summed E-state index contributed by atoms with van der Waals surface area (Å²) in [5, 5.41) is 11.7. The third-order valence-electron chi connectivity index (χ3n) is 9.32. The van der Waals surface area contributed by atoms with E-state index >= 15 is 0 Å². The van der Waals surface area contributed by atoms with E-state index < -0.39 is 5.60 Å². The molecule has 0 unspecified atom stereocenters. The zero-order valence-electron chi connectivity index (χ0n) is 15.9. The van der Waals surface area contributed by atoms with Gasteiger partial charge in [-0.1, -0.05) is 26.0 Å². The van der Waals surface area contributed by atoms with Crippen LogP contribution < -0.4 is 0 Å². The lowest BCUT2D eigenvalue weighted by molar-refractivity contribution is -0.142. The normalized spacial score (nSPS) is 53.9. The molecular weight excluding hydrogens is 324 g/mol. The molecule has 1 N–H and O–H groups in total. The van der Waals surface area contributed by atoms with Crippen LogP contribution in [0.3, 0.4) is 0 Å². The molecule has 0 aromatic heterocycles. The van der Waals surface area contributed by atoms with E-state index in [1.165, 1.54) is 5.57 Å². The molecule has 0 spiro atoms. The number of allylic oxidation sites excluding steroid dienone is 4. The molecule has 3 saturated carbocycles. The SMILES string of the molecule is C[C@]12CCC(=O)C=C1C=C[C@H]1[C@@H]3[C@@H]4C[C@@H]4[C@@](O)(CCC=O)[C@@]3(C)CC[C@@H]12. The van der Waals surface area contributed by atoms with Gasteiger partial charge in [0.2, 0.25) is 0 Å². The predicted octanol–water partition coefficient (Wildman–Crippen LogP) is 3.86. The summed E-state index contributed by atoms with van der Waals surface area (Å²) in [7, 11) is 0. The summed E-state index contributed by atoms with van der Waals surface area (Å²) in [5.74, 6) is 2.89. The van der Waals surface area contributed by atoms with E-state index in [2.05, 4.69) is 26.0 Å². The molecule has 3 fully saturated rings. The monoisotopic (exact) mass is 354 g/mol. The van der Waals surface area contributed by atoms with Crippen molar-refractivity contribution in [2.75, 3.05) is 0 Å². The lowest BCUT2D eigenvalue weighted by Gasteiger charge is -2.58. The molecular formula is C23H30O3. The lowest BCUT2D eigenvalue weighted by Crippen LogP contribution is -2.56. The number of rotatable bonds is 3. The second-order valence-corrected chi connectivity index (χ2v) is 10.1. The van der Waals surface area contributed by atoms with Gasteiger partial charge in [0.05, 0.1) is 5.60 Å². The highest BCUT2D eigenvalue weighted by Gasteiger charge is 2.75. The summed E-state index contributed by atoms with van der Waals surface area (Å²) in [4.78, 5) is 22.9. The number of ketones is 1. The van der Waals surface area contributed by atoms with Gasteiger partial charge in [0.25, 0.3) is 0 Å². The molecule has 26 heavy (non-hydrogen) atoms. The number of fused-ring (bicyclic) bond motifs is 7. The van der Waals surface area contributed by atoms with Crippen LogP contribution in [0.2, 0.25) is 0 Å². The molecule has 5 rings (SSSR count). The average molecular weight is 354 g/mol. The van der Waals surface area contributed by atoms with Crippen LogP contribution in [-0.4, -0.2) is 22.8 Å². The van der Waals surface area contributed by atoms with Crippen LogP contribution in [0, 0.1) is 40.4 Å². The summed E-state index contributed by atoms with van der Waals surface area (Å²) < 4.78 is 0. The molecule has 5 aliphatic carbocycles. The molecule has 3 heteroatoms. The molecule has 0 aromatic carbocycles. The fourth-order valence-corrected chi connectivity index (χ4v) is 7.87. The second kappa shape index (κ2) is 5.19. The largest absolute Gasteiger partial charge is 0.389 e. The number of hydrogen-bond acceptors (Lipinski definition) is 3. The van der Waals surface area contributed by atoms with Gasteiger partial charge in [0.15, 0.2) is 5.78 Å². The molecule has 0 aliphatic heterocycles. The highest BCUT2D eigenvalue weighted by molar-refractivity contribution is 5.92. The summed E-state index contributed by atoms with van der Waals surface area (Å²) in [6.07, 6.45) is 13.5. The minimum atomic E-state index is -0.665. The van der Waals surface area contributed by atoms with E-state index in [0.717, 1.165) is 32.0 Å². The molecule has 0 radical (unpaired) electrons. The van der Waals surface area contributed by atoms with Gasteiger partial charge in [-0.2, -0.15) is 0 Å². The number of hydrogen-bond donors (Lipinski definition) is 1. The Balaban J connectivity index is 1.54. The first-order valence-corrected chi connectivity index (χ1v) is 10.4.